The molecule has 0 aliphatic carbocycles. The van der Waals surface area contributed by atoms with E-state index < -0.39 is 26.8 Å². The number of hydrogen-bond acceptors (Lipinski definition) is 6. The Morgan fingerprint density at radius 1 is 1.07 bits per heavy atom. The molecule has 0 atom stereocenters. The number of amides is 1. The van der Waals surface area contributed by atoms with E-state index >= 15 is 0 Å². The molecule has 4 rings (SSSR count). The predicted molar refractivity (Wildman–Crippen MR) is 106 cm³/mol. The fraction of sp³-hybridized carbons (Fsp3) is 0.300. The van der Waals surface area contributed by atoms with Crippen LogP contribution in [0.4, 0.5) is 0 Å². The highest BCUT2D eigenvalue weighted by Gasteiger charge is 2.32. The molecule has 3 heterocycles. The lowest BCUT2D eigenvalue weighted by atomic mass is 10.1. The maximum Gasteiger partial charge on any atom is 0.371 e. The normalized spacial score (nSPS) is 17.1. The van der Waals surface area contributed by atoms with E-state index in [9.17, 15) is 18.0 Å². The molecule has 2 aliphatic heterocycles. The molecule has 1 fully saturated rings. The molecule has 10 heteroatoms. The summed E-state index contributed by atoms with van der Waals surface area (Å²) >= 11 is 0. The first-order valence-corrected chi connectivity index (χ1v) is 10.8. The Bertz CT molecular complexity index is 1110. The van der Waals surface area contributed by atoms with E-state index in [-0.39, 0.29) is 32.1 Å². The van der Waals surface area contributed by atoms with E-state index in [1.54, 1.807) is 11.0 Å². The van der Waals surface area contributed by atoms with Crippen molar-refractivity contribution in [2.24, 2.45) is 0 Å². The molecule has 9 nitrogen and oxygen atoms in total. The number of fused-ring (bicyclic) bond motifs is 1. The summed E-state index contributed by atoms with van der Waals surface area (Å²) in [6, 6.07) is 7.99. The average molecular weight is 432 g/mol. The summed E-state index contributed by atoms with van der Waals surface area (Å²) in [5.74, 6) is -1.10. The van der Waals surface area contributed by atoms with Crippen LogP contribution in [0.3, 0.4) is 0 Å². The molecule has 1 aromatic heterocycles. The number of carboxylic acid groups (broad SMARTS) is 1. The van der Waals surface area contributed by atoms with Crippen LogP contribution in [0.15, 0.2) is 45.9 Å². The summed E-state index contributed by atoms with van der Waals surface area (Å²) in [6.07, 6.45) is 4.07. The number of benzene rings is 1. The molecular weight excluding hydrogens is 412 g/mol. The summed E-state index contributed by atoms with van der Waals surface area (Å²) < 4.78 is 36.8. The summed E-state index contributed by atoms with van der Waals surface area (Å²) in [7, 11) is -3.95. The molecule has 1 saturated heterocycles. The van der Waals surface area contributed by atoms with Crippen molar-refractivity contribution in [3.63, 3.8) is 0 Å². The van der Waals surface area contributed by atoms with E-state index in [0.29, 0.717) is 6.61 Å². The first kappa shape index (κ1) is 20.2. The third kappa shape index (κ3) is 3.96. The van der Waals surface area contributed by atoms with Crippen LogP contribution in [0, 0.1) is 0 Å². The third-order valence-corrected chi connectivity index (χ3v) is 6.84. The van der Waals surface area contributed by atoms with Crippen molar-refractivity contribution in [2.45, 2.75) is 11.5 Å². The smallest absolute Gasteiger partial charge is 0.371 e. The maximum absolute atomic E-state index is 12.6. The Morgan fingerprint density at radius 2 is 1.83 bits per heavy atom. The van der Waals surface area contributed by atoms with Gasteiger partial charge in [0.25, 0.3) is 10.0 Å². The number of hydrogen-bond donors (Lipinski definition) is 1. The van der Waals surface area contributed by atoms with E-state index in [0.717, 1.165) is 35.4 Å². The van der Waals surface area contributed by atoms with Crippen LogP contribution in [0.1, 0.15) is 21.7 Å². The standard InChI is InChI=1S/C20H20N2O7S/c23-18(5-2-14-1-3-16-15(13-14)7-12-28-16)21-8-10-22(11-9-21)30(26,27)19-6-4-17(29-19)20(24)25/h1-6,13H,7-12H2,(H,24,25). The zero-order valence-electron chi connectivity index (χ0n) is 16.0. The Kier molecular flexibility index (Phi) is 5.35. The Labute approximate surface area is 173 Å². The largest absolute Gasteiger partial charge is 0.493 e. The molecule has 0 spiro atoms. The van der Waals surface area contributed by atoms with Crippen LogP contribution in [0.5, 0.6) is 5.75 Å². The second kappa shape index (κ2) is 7.96. The van der Waals surface area contributed by atoms with Crippen molar-refractivity contribution in [1.82, 2.24) is 9.21 Å². The Balaban J connectivity index is 1.36. The Hall–Kier alpha value is -3.11. The molecule has 2 aliphatic rings. The van der Waals surface area contributed by atoms with E-state index in [2.05, 4.69) is 0 Å². The zero-order chi connectivity index (χ0) is 21.3. The van der Waals surface area contributed by atoms with E-state index in [1.807, 2.05) is 18.2 Å². The molecular formula is C20H20N2O7S. The van der Waals surface area contributed by atoms with Crippen molar-refractivity contribution >= 4 is 28.0 Å². The van der Waals surface area contributed by atoms with Gasteiger partial charge >= 0.3 is 5.97 Å². The quantitative estimate of drug-likeness (QED) is 0.711. The average Bonchev–Trinajstić information content (AvgIpc) is 3.41. The van der Waals surface area contributed by atoms with Gasteiger partial charge in [-0.1, -0.05) is 6.07 Å². The van der Waals surface area contributed by atoms with Gasteiger partial charge in [-0.05, 0) is 41.5 Å². The van der Waals surface area contributed by atoms with Crippen molar-refractivity contribution in [3.05, 3.63) is 53.3 Å². The number of rotatable bonds is 5. The van der Waals surface area contributed by atoms with Gasteiger partial charge in [0.15, 0.2) is 0 Å². The van der Waals surface area contributed by atoms with Crippen LogP contribution < -0.4 is 4.74 Å². The molecule has 1 amide bonds. The SMILES string of the molecule is O=C(O)c1ccc(S(=O)(=O)N2CCN(C(=O)C=Cc3ccc4c(c3)CCO4)CC2)o1. The molecule has 0 unspecified atom stereocenters. The molecule has 2 aromatic rings. The van der Waals surface area contributed by atoms with Gasteiger partial charge < -0.3 is 19.2 Å². The summed E-state index contributed by atoms with van der Waals surface area (Å²) in [4.78, 5) is 24.9. The molecule has 0 radical (unpaired) electrons. The van der Waals surface area contributed by atoms with Gasteiger partial charge in [0.1, 0.15) is 5.75 Å². The fourth-order valence-electron chi connectivity index (χ4n) is 3.43. The van der Waals surface area contributed by atoms with Gasteiger partial charge in [-0.2, -0.15) is 4.31 Å². The van der Waals surface area contributed by atoms with E-state index in [4.69, 9.17) is 14.3 Å². The van der Waals surface area contributed by atoms with Crippen molar-refractivity contribution in [1.29, 1.82) is 0 Å². The van der Waals surface area contributed by atoms with Gasteiger partial charge in [-0.3, -0.25) is 4.79 Å². The van der Waals surface area contributed by atoms with Crippen LogP contribution in [0.25, 0.3) is 6.08 Å². The highest BCUT2D eigenvalue weighted by atomic mass is 32.2. The van der Waals surface area contributed by atoms with Gasteiger partial charge in [0.05, 0.1) is 6.61 Å². The minimum absolute atomic E-state index is 0.0984. The highest BCUT2D eigenvalue weighted by Crippen LogP contribution is 2.26. The summed E-state index contributed by atoms with van der Waals surface area (Å²) in [5, 5.41) is 8.47. The van der Waals surface area contributed by atoms with Crippen molar-refractivity contribution in [2.75, 3.05) is 32.8 Å². The number of carbonyl (C=O) groups is 2. The van der Waals surface area contributed by atoms with E-state index in [1.165, 1.54) is 10.4 Å². The number of ether oxygens (including phenoxy) is 1. The Morgan fingerprint density at radius 3 is 2.53 bits per heavy atom. The van der Waals surface area contributed by atoms with Crippen LogP contribution in [-0.4, -0.2) is 67.4 Å². The van der Waals surface area contributed by atoms with Gasteiger partial charge in [0, 0.05) is 38.7 Å². The van der Waals surface area contributed by atoms with Crippen molar-refractivity contribution in [3.8, 4) is 5.75 Å². The molecule has 30 heavy (non-hydrogen) atoms. The predicted octanol–water partition coefficient (Wildman–Crippen LogP) is 1.46. The molecule has 0 bridgehead atoms. The monoisotopic (exact) mass is 432 g/mol. The van der Waals surface area contributed by atoms with Crippen LogP contribution in [0.2, 0.25) is 0 Å². The first-order chi connectivity index (χ1) is 14.3. The lowest BCUT2D eigenvalue weighted by Gasteiger charge is -2.32. The second-order valence-corrected chi connectivity index (χ2v) is 8.82. The summed E-state index contributed by atoms with van der Waals surface area (Å²) in [6.45, 7) is 1.33. The number of carboxylic acids is 1. The fourth-order valence-corrected chi connectivity index (χ4v) is 4.77. The number of nitrogens with zero attached hydrogens (tertiary/aromatic N) is 2. The maximum atomic E-state index is 12.6. The number of furan rings is 1. The van der Waals surface area contributed by atoms with Gasteiger partial charge in [0.2, 0.25) is 16.8 Å². The minimum atomic E-state index is -3.95. The highest BCUT2D eigenvalue weighted by molar-refractivity contribution is 7.89. The molecule has 1 N–H and O–H groups in total. The second-order valence-electron chi connectivity index (χ2n) is 6.95. The molecule has 0 saturated carbocycles. The number of piperazine rings is 1. The van der Waals surface area contributed by atoms with Crippen LogP contribution in [-0.2, 0) is 21.2 Å². The zero-order valence-corrected chi connectivity index (χ0v) is 16.8. The van der Waals surface area contributed by atoms with Gasteiger partial charge in [-0.15, -0.1) is 0 Å². The van der Waals surface area contributed by atoms with Crippen LogP contribution >= 0.6 is 0 Å². The first-order valence-electron chi connectivity index (χ1n) is 9.40. The van der Waals surface area contributed by atoms with Gasteiger partial charge in [-0.25, -0.2) is 13.2 Å². The lowest BCUT2D eigenvalue weighted by Crippen LogP contribution is -2.50. The lowest BCUT2D eigenvalue weighted by molar-refractivity contribution is -0.127. The molecule has 158 valence electrons. The van der Waals surface area contributed by atoms with Crippen molar-refractivity contribution < 1.29 is 32.3 Å². The number of aromatic carboxylic acids is 1. The number of sulfonamides is 1. The topological polar surface area (TPSA) is 117 Å². The number of carbonyl (C=O) groups excluding carboxylic acids is 1. The minimum Gasteiger partial charge on any atom is -0.493 e. The third-order valence-electron chi connectivity index (χ3n) is 5.07. The molecule has 1 aromatic carbocycles. The summed E-state index contributed by atoms with van der Waals surface area (Å²) in [5.41, 5.74) is 2.02.